The number of ether oxygens (including phenoxy) is 1. The summed E-state index contributed by atoms with van der Waals surface area (Å²) in [4.78, 5) is 21.9. The van der Waals surface area contributed by atoms with Gasteiger partial charge in [0, 0.05) is 5.92 Å². The first-order valence-corrected chi connectivity index (χ1v) is 4.97. The zero-order valence-corrected chi connectivity index (χ0v) is 9.05. The third kappa shape index (κ3) is 3.73. The number of benzene rings is 1. The number of carboxylic acid groups (broad SMARTS) is 1. The second kappa shape index (κ2) is 5.90. The summed E-state index contributed by atoms with van der Waals surface area (Å²) in [5.41, 5.74) is 0.843. The molecular weight excluding hydrogens is 208 g/mol. The van der Waals surface area contributed by atoms with Gasteiger partial charge in [0.1, 0.15) is 0 Å². The molecule has 0 aliphatic rings. The van der Waals surface area contributed by atoms with E-state index in [1.165, 1.54) is 7.11 Å². The van der Waals surface area contributed by atoms with Crippen molar-refractivity contribution in [2.75, 3.05) is 7.11 Å². The van der Waals surface area contributed by atoms with Gasteiger partial charge in [0.15, 0.2) is 0 Å². The zero-order chi connectivity index (χ0) is 12.0. The molecule has 0 bridgehead atoms. The van der Waals surface area contributed by atoms with E-state index in [0.717, 1.165) is 5.56 Å². The molecule has 0 fully saturated rings. The summed E-state index contributed by atoms with van der Waals surface area (Å²) >= 11 is 0. The molecule has 1 N–H and O–H groups in total. The molecule has 0 saturated heterocycles. The Kier molecular flexibility index (Phi) is 4.51. The topological polar surface area (TPSA) is 63.6 Å². The Bertz CT molecular complexity index is 359. The molecule has 1 aromatic rings. The van der Waals surface area contributed by atoms with Crippen LogP contribution in [0.15, 0.2) is 30.3 Å². The van der Waals surface area contributed by atoms with E-state index in [2.05, 4.69) is 4.74 Å². The number of carboxylic acids is 1. The van der Waals surface area contributed by atoms with Crippen LogP contribution >= 0.6 is 0 Å². The largest absolute Gasteiger partial charge is 0.481 e. The van der Waals surface area contributed by atoms with E-state index in [4.69, 9.17) is 5.11 Å². The van der Waals surface area contributed by atoms with E-state index in [9.17, 15) is 9.59 Å². The van der Waals surface area contributed by atoms with Gasteiger partial charge in [-0.2, -0.15) is 0 Å². The minimum Gasteiger partial charge on any atom is -0.481 e. The van der Waals surface area contributed by atoms with Crippen LogP contribution in [0, 0.1) is 0 Å². The third-order valence-corrected chi connectivity index (χ3v) is 2.33. The highest BCUT2D eigenvalue weighted by atomic mass is 16.5. The van der Waals surface area contributed by atoms with Crippen LogP contribution < -0.4 is 0 Å². The molecule has 16 heavy (non-hydrogen) atoms. The average molecular weight is 222 g/mol. The maximum absolute atomic E-state index is 11.2. The Morgan fingerprint density at radius 1 is 1.25 bits per heavy atom. The molecular formula is C12H14O4. The highest BCUT2D eigenvalue weighted by Crippen LogP contribution is 2.23. The number of esters is 1. The van der Waals surface area contributed by atoms with Gasteiger partial charge in [0.2, 0.25) is 0 Å². The number of carbonyl (C=O) groups excluding carboxylic acids is 1. The van der Waals surface area contributed by atoms with E-state index < -0.39 is 11.9 Å². The van der Waals surface area contributed by atoms with E-state index in [0.29, 0.717) is 0 Å². The Morgan fingerprint density at radius 2 is 1.88 bits per heavy atom. The first kappa shape index (κ1) is 12.2. The average Bonchev–Trinajstić information content (AvgIpc) is 2.28. The predicted octanol–water partition coefficient (Wildman–Crippen LogP) is 1.81. The van der Waals surface area contributed by atoms with E-state index >= 15 is 0 Å². The van der Waals surface area contributed by atoms with Gasteiger partial charge >= 0.3 is 11.9 Å². The molecule has 0 radical (unpaired) electrons. The molecule has 0 aliphatic heterocycles. The van der Waals surface area contributed by atoms with Gasteiger partial charge in [0.05, 0.1) is 20.0 Å². The van der Waals surface area contributed by atoms with Gasteiger partial charge in [-0.3, -0.25) is 9.59 Å². The van der Waals surface area contributed by atoms with Crippen molar-refractivity contribution in [1.29, 1.82) is 0 Å². The molecule has 0 aromatic heterocycles. The van der Waals surface area contributed by atoms with Crippen LogP contribution in [0.3, 0.4) is 0 Å². The van der Waals surface area contributed by atoms with Gasteiger partial charge in [-0.1, -0.05) is 30.3 Å². The molecule has 4 nitrogen and oxygen atoms in total. The molecule has 0 saturated carbocycles. The van der Waals surface area contributed by atoms with Crippen LogP contribution in [0.25, 0.3) is 0 Å². The summed E-state index contributed by atoms with van der Waals surface area (Å²) < 4.78 is 4.55. The van der Waals surface area contributed by atoms with Crippen molar-refractivity contribution in [1.82, 2.24) is 0 Å². The summed E-state index contributed by atoms with van der Waals surface area (Å²) in [7, 11) is 1.30. The summed E-state index contributed by atoms with van der Waals surface area (Å²) in [6.45, 7) is 0. The van der Waals surface area contributed by atoms with Gasteiger partial charge in [-0.25, -0.2) is 0 Å². The molecule has 0 unspecified atom stereocenters. The lowest BCUT2D eigenvalue weighted by molar-refractivity contribution is -0.141. The van der Waals surface area contributed by atoms with Crippen LogP contribution in [-0.2, 0) is 14.3 Å². The van der Waals surface area contributed by atoms with Crippen molar-refractivity contribution in [2.24, 2.45) is 0 Å². The fraction of sp³-hybridized carbons (Fsp3) is 0.333. The lowest BCUT2D eigenvalue weighted by Crippen LogP contribution is -2.12. The number of carbonyl (C=O) groups is 2. The summed E-state index contributed by atoms with van der Waals surface area (Å²) in [6, 6.07) is 9.12. The van der Waals surface area contributed by atoms with Crippen molar-refractivity contribution >= 4 is 11.9 Å². The van der Waals surface area contributed by atoms with Crippen LogP contribution in [0.5, 0.6) is 0 Å². The zero-order valence-electron chi connectivity index (χ0n) is 9.05. The lowest BCUT2D eigenvalue weighted by Gasteiger charge is -2.13. The van der Waals surface area contributed by atoms with E-state index in [-0.39, 0.29) is 18.8 Å². The standard InChI is InChI=1S/C12H14O4/c1-16-12(15)8-10(7-11(13)14)9-5-3-2-4-6-9/h2-6,10H,7-8H2,1H3,(H,13,14)/t10-/m0/s1. The highest BCUT2D eigenvalue weighted by molar-refractivity contribution is 5.73. The number of hydrogen-bond donors (Lipinski definition) is 1. The summed E-state index contributed by atoms with van der Waals surface area (Å²) in [6.07, 6.45) is 0.0198. The Hall–Kier alpha value is -1.84. The highest BCUT2D eigenvalue weighted by Gasteiger charge is 2.19. The second-order valence-corrected chi connectivity index (χ2v) is 3.49. The maximum Gasteiger partial charge on any atom is 0.306 e. The molecule has 0 amide bonds. The number of methoxy groups -OCH3 is 1. The molecule has 1 rings (SSSR count). The summed E-state index contributed by atoms with van der Waals surface area (Å²) in [5, 5.41) is 8.78. The van der Waals surface area contributed by atoms with Gasteiger partial charge in [-0.15, -0.1) is 0 Å². The van der Waals surface area contributed by atoms with E-state index in [1.807, 2.05) is 30.3 Å². The van der Waals surface area contributed by atoms with Crippen LogP contribution in [0.4, 0.5) is 0 Å². The molecule has 86 valence electrons. The molecule has 0 spiro atoms. The SMILES string of the molecule is COC(=O)C[C@H](CC(=O)O)c1ccccc1. The monoisotopic (exact) mass is 222 g/mol. The third-order valence-electron chi connectivity index (χ3n) is 2.33. The summed E-state index contributed by atoms with van der Waals surface area (Å²) in [5.74, 6) is -1.64. The van der Waals surface area contributed by atoms with Crippen molar-refractivity contribution in [3.05, 3.63) is 35.9 Å². The minimum atomic E-state index is -0.919. The lowest BCUT2D eigenvalue weighted by atomic mass is 9.93. The molecule has 4 heteroatoms. The Labute approximate surface area is 93.9 Å². The number of rotatable bonds is 5. The Balaban J connectivity index is 2.79. The van der Waals surface area contributed by atoms with Crippen molar-refractivity contribution in [2.45, 2.75) is 18.8 Å². The smallest absolute Gasteiger partial charge is 0.306 e. The van der Waals surface area contributed by atoms with E-state index in [1.54, 1.807) is 0 Å². The first-order chi connectivity index (χ1) is 7.63. The van der Waals surface area contributed by atoms with Crippen molar-refractivity contribution < 1.29 is 19.4 Å². The van der Waals surface area contributed by atoms with Crippen LogP contribution in [-0.4, -0.2) is 24.2 Å². The maximum atomic E-state index is 11.2. The molecule has 1 aromatic carbocycles. The van der Waals surface area contributed by atoms with Gasteiger partial charge in [0.25, 0.3) is 0 Å². The van der Waals surface area contributed by atoms with Gasteiger partial charge in [-0.05, 0) is 5.56 Å². The quantitative estimate of drug-likeness (QED) is 0.772. The second-order valence-electron chi connectivity index (χ2n) is 3.49. The minimum absolute atomic E-state index is 0.0703. The fourth-order valence-electron chi connectivity index (χ4n) is 1.53. The van der Waals surface area contributed by atoms with Crippen LogP contribution in [0.2, 0.25) is 0 Å². The molecule has 1 atom stereocenters. The number of aliphatic carboxylic acids is 1. The predicted molar refractivity (Wildman–Crippen MR) is 58.1 cm³/mol. The van der Waals surface area contributed by atoms with Gasteiger partial charge < -0.3 is 9.84 Å². The first-order valence-electron chi connectivity index (χ1n) is 4.97. The van der Waals surface area contributed by atoms with Crippen LogP contribution in [0.1, 0.15) is 24.3 Å². The molecule has 0 heterocycles. The normalized spacial score (nSPS) is 11.8. The van der Waals surface area contributed by atoms with Crippen molar-refractivity contribution in [3.63, 3.8) is 0 Å². The number of hydrogen-bond acceptors (Lipinski definition) is 3. The Morgan fingerprint density at radius 3 is 2.38 bits per heavy atom. The fourth-order valence-corrected chi connectivity index (χ4v) is 1.53. The van der Waals surface area contributed by atoms with Crippen molar-refractivity contribution in [3.8, 4) is 0 Å². The molecule has 0 aliphatic carbocycles.